The zero-order valence-corrected chi connectivity index (χ0v) is 14.6. The highest BCUT2D eigenvalue weighted by Crippen LogP contribution is 2.33. The highest BCUT2D eigenvalue weighted by atomic mass is 32.1. The van der Waals surface area contributed by atoms with Gasteiger partial charge in [0.1, 0.15) is 10.9 Å². The molecular weight excluding hydrogens is 312 g/mol. The van der Waals surface area contributed by atoms with Crippen molar-refractivity contribution in [3.05, 3.63) is 27.1 Å². The van der Waals surface area contributed by atoms with Crippen molar-refractivity contribution < 1.29 is 9.53 Å². The number of hydrogen-bond acceptors (Lipinski definition) is 5. The van der Waals surface area contributed by atoms with Gasteiger partial charge < -0.3 is 4.74 Å². The number of carbonyl (C=O) groups is 1. The van der Waals surface area contributed by atoms with Crippen LogP contribution in [0.5, 0.6) is 0 Å². The lowest BCUT2D eigenvalue weighted by molar-refractivity contribution is -0.152. The van der Waals surface area contributed by atoms with Crippen LogP contribution in [0, 0.1) is 0 Å². The number of carbonyl (C=O) groups excluding carboxylic acids is 1. The first-order chi connectivity index (χ1) is 11.0. The number of fused-ring (bicyclic) bond motifs is 3. The molecule has 0 unspecified atom stereocenters. The molecule has 1 aliphatic carbocycles. The van der Waals surface area contributed by atoms with E-state index in [1.54, 1.807) is 18.3 Å². The molecule has 6 heteroatoms. The number of aromatic nitrogens is 2. The standard InChI is InChI=1S/C17H22N2O3S/c1-4-10(2)22-17(21)11(3)19-9-18-15-14(16(19)20)12-7-5-6-8-13(12)23-15/h9-11H,4-8H2,1-3H3/t10-,11-/m1/s1. The smallest absolute Gasteiger partial charge is 0.329 e. The molecule has 1 aliphatic rings. The Bertz CT molecular complexity index is 793. The summed E-state index contributed by atoms with van der Waals surface area (Å²) < 4.78 is 6.76. The van der Waals surface area contributed by atoms with E-state index in [4.69, 9.17) is 4.74 Å². The third-order valence-corrected chi connectivity index (χ3v) is 5.75. The van der Waals surface area contributed by atoms with Gasteiger partial charge in [0.15, 0.2) is 0 Å². The normalized spacial score (nSPS) is 16.8. The lowest BCUT2D eigenvalue weighted by atomic mass is 9.97. The summed E-state index contributed by atoms with van der Waals surface area (Å²) in [4.78, 5) is 31.6. The van der Waals surface area contributed by atoms with Gasteiger partial charge in [-0.05, 0) is 51.5 Å². The van der Waals surface area contributed by atoms with Gasteiger partial charge in [-0.2, -0.15) is 0 Å². The van der Waals surface area contributed by atoms with Crippen molar-refractivity contribution in [2.24, 2.45) is 0 Å². The summed E-state index contributed by atoms with van der Waals surface area (Å²) in [7, 11) is 0. The van der Waals surface area contributed by atoms with Crippen LogP contribution in [0.25, 0.3) is 10.2 Å². The largest absolute Gasteiger partial charge is 0.461 e. The zero-order valence-electron chi connectivity index (χ0n) is 13.8. The Morgan fingerprint density at radius 2 is 2.13 bits per heavy atom. The Kier molecular flexibility index (Phi) is 4.53. The average Bonchev–Trinajstić information content (AvgIpc) is 2.93. The first-order valence-corrected chi connectivity index (χ1v) is 9.06. The predicted octanol–water partition coefficient (Wildman–Crippen LogP) is 3.24. The fraction of sp³-hybridized carbons (Fsp3) is 0.588. The number of thiophene rings is 1. The topological polar surface area (TPSA) is 61.2 Å². The molecule has 2 heterocycles. The molecule has 5 nitrogen and oxygen atoms in total. The van der Waals surface area contributed by atoms with E-state index in [2.05, 4.69) is 4.98 Å². The van der Waals surface area contributed by atoms with E-state index < -0.39 is 6.04 Å². The van der Waals surface area contributed by atoms with E-state index in [1.807, 2.05) is 13.8 Å². The molecular formula is C17H22N2O3S. The predicted molar refractivity (Wildman–Crippen MR) is 91.1 cm³/mol. The first kappa shape index (κ1) is 16.2. The maximum Gasteiger partial charge on any atom is 0.329 e. The molecule has 23 heavy (non-hydrogen) atoms. The summed E-state index contributed by atoms with van der Waals surface area (Å²) in [6.45, 7) is 5.50. The van der Waals surface area contributed by atoms with Crippen LogP contribution in [0.2, 0.25) is 0 Å². The zero-order chi connectivity index (χ0) is 16.6. The van der Waals surface area contributed by atoms with E-state index in [1.165, 1.54) is 22.2 Å². The lowest BCUT2D eigenvalue weighted by Crippen LogP contribution is -2.31. The molecule has 0 radical (unpaired) electrons. The summed E-state index contributed by atoms with van der Waals surface area (Å²) in [6, 6.07) is -0.660. The molecule has 0 bridgehead atoms. The van der Waals surface area contributed by atoms with Gasteiger partial charge in [0.05, 0.1) is 17.8 Å². The van der Waals surface area contributed by atoms with Crippen molar-refractivity contribution in [3.63, 3.8) is 0 Å². The van der Waals surface area contributed by atoms with Gasteiger partial charge in [0, 0.05) is 4.88 Å². The van der Waals surface area contributed by atoms with Crippen LogP contribution in [0.3, 0.4) is 0 Å². The fourth-order valence-corrected chi connectivity index (χ4v) is 4.15. The molecule has 0 saturated carbocycles. The number of ether oxygens (including phenoxy) is 1. The van der Waals surface area contributed by atoms with E-state index in [0.717, 1.165) is 36.1 Å². The molecule has 2 aromatic heterocycles. The second kappa shape index (κ2) is 6.43. The molecule has 0 N–H and O–H groups in total. The third-order valence-electron chi connectivity index (χ3n) is 4.55. The van der Waals surface area contributed by atoms with Gasteiger partial charge in [-0.3, -0.25) is 9.36 Å². The molecule has 0 spiro atoms. The number of rotatable bonds is 4. The van der Waals surface area contributed by atoms with Crippen LogP contribution in [0.4, 0.5) is 0 Å². The average molecular weight is 334 g/mol. The summed E-state index contributed by atoms with van der Waals surface area (Å²) in [6.07, 6.45) is 6.33. The summed E-state index contributed by atoms with van der Waals surface area (Å²) in [5, 5.41) is 0.704. The van der Waals surface area contributed by atoms with E-state index in [-0.39, 0.29) is 17.6 Å². The van der Waals surface area contributed by atoms with E-state index in [0.29, 0.717) is 5.39 Å². The van der Waals surface area contributed by atoms with E-state index >= 15 is 0 Å². The number of nitrogens with zero attached hydrogens (tertiary/aromatic N) is 2. The molecule has 0 fully saturated rings. The van der Waals surface area contributed by atoms with Gasteiger partial charge in [-0.15, -0.1) is 11.3 Å². The second-order valence-corrected chi connectivity index (χ2v) is 7.26. The highest BCUT2D eigenvalue weighted by Gasteiger charge is 2.24. The lowest BCUT2D eigenvalue weighted by Gasteiger charge is -2.17. The Morgan fingerprint density at radius 1 is 1.39 bits per heavy atom. The van der Waals surface area contributed by atoms with Crippen molar-refractivity contribution in [3.8, 4) is 0 Å². The van der Waals surface area contributed by atoms with Crippen LogP contribution < -0.4 is 5.56 Å². The Balaban J connectivity index is 2.00. The quantitative estimate of drug-likeness (QED) is 0.805. The number of aryl methyl sites for hydroxylation is 2. The SMILES string of the molecule is CC[C@@H](C)OC(=O)[C@@H](C)n1cnc2sc3c(c2c1=O)CCCC3. The minimum absolute atomic E-state index is 0.122. The van der Waals surface area contributed by atoms with Crippen LogP contribution >= 0.6 is 11.3 Å². The van der Waals surface area contributed by atoms with Crippen LogP contribution in [0.1, 0.15) is 56.5 Å². The highest BCUT2D eigenvalue weighted by molar-refractivity contribution is 7.18. The molecule has 124 valence electrons. The third kappa shape index (κ3) is 2.92. The van der Waals surface area contributed by atoms with Crippen molar-refractivity contribution in [1.82, 2.24) is 9.55 Å². The number of esters is 1. The fourth-order valence-electron chi connectivity index (χ4n) is 2.93. The van der Waals surface area contributed by atoms with Gasteiger partial charge >= 0.3 is 5.97 Å². The molecule has 0 amide bonds. The molecule has 0 aliphatic heterocycles. The van der Waals surface area contributed by atoms with Crippen LogP contribution in [-0.4, -0.2) is 21.6 Å². The Hall–Kier alpha value is -1.69. The molecule has 0 aromatic carbocycles. The molecule has 2 aromatic rings. The van der Waals surface area contributed by atoms with Gasteiger partial charge in [0.25, 0.3) is 5.56 Å². The summed E-state index contributed by atoms with van der Waals surface area (Å²) in [5.74, 6) is -0.383. The first-order valence-electron chi connectivity index (χ1n) is 8.24. The summed E-state index contributed by atoms with van der Waals surface area (Å²) >= 11 is 1.62. The van der Waals surface area contributed by atoms with Crippen molar-refractivity contribution in [1.29, 1.82) is 0 Å². The second-order valence-electron chi connectivity index (χ2n) is 6.18. The summed E-state index contributed by atoms with van der Waals surface area (Å²) in [5.41, 5.74) is 1.02. The van der Waals surface area contributed by atoms with E-state index in [9.17, 15) is 9.59 Å². The number of hydrogen-bond donors (Lipinski definition) is 0. The molecule has 2 atom stereocenters. The molecule has 0 saturated heterocycles. The van der Waals surface area contributed by atoms with Crippen LogP contribution in [-0.2, 0) is 22.4 Å². The Morgan fingerprint density at radius 3 is 2.87 bits per heavy atom. The Labute approximate surface area is 139 Å². The van der Waals surface area contributed by atoms with Gasteiger partial charge in [-0.25, -0.2) is 9.78 Å². The molecule has 3 rings (SSSR count). The minimum atomic E-state index is -0.660. The van der Waals surface area contributed by atoms with Crippen molar-refractivity contribution in [2.45, 2.75) is 65.0 Å². The maximum atomic E-state index is 12.9. The van der Waals surface area contributed by atoms with Crippen LogP contribution in [0.15, 0.2) is 11.1 Å². The van der Waals surface area contributed by atoms with Crippen molar-refractivity contribution in [2.75, 3.05) is 0 Å². The minimum Gasteiger partial charge on any atom is -0.461 e. The van der Waals surface area contributed by atoms with Gasteiger partial charge in [0.2, 0.25) is 0 Å². The van der Waals surface area contributed by atoms with Crippen molar-refractivity contribution >= 4 is 27.5 Å². The maximum absolute atomic E-state index is 12.9. The van der Waals surface area contributed by atoms with Gasteiger partial charge in [-0.1, -0.05) is 6.92 Å². The monoisotopic (exact) mass is 334 g/mol.